The first-order chi connectivity index (χ1) is 15.3. The molecular formula is C23H24Cl2N2O5. The molecule has 0 saturated heterocycles. The maximum absolute atomic E-state index is 11.3. The number of methoxy groups -OCH3 is 1. The Bertz CT molecular complexity index is 1100. The highest BCUT2D eigenvalue weighted by atomic mass is 35.5. The molecule has 170 valence electrons. The van der Waals surface area contributed by atoms with E-state index < -0.39 is 5.97 Å². The van der Waals surface area contributed by atoms with Crippen molar-refractivity contribution in [3.63, 3.8) is 0 Å². The number of benzene rings is 2. The second kappa shape index (κ2) is 10.6. The maximum atomic E-state index is 11.3. The summed E-state index contributed by atoms with van der Waals surface area (Å²) < 4.78 is 18.9. The SMILES string of the molecule is COc1cccc(CC(=O)O)c1OCc1cc(OC(C)C)nn1Cc1ccc(Cl)cc1Cl. The summed E-state index contributed by atoms with van der Waals surface area (Å²) in [5.74, 6) is 0.322. The number of halogens is 2. The van der Waals surface area contributed by atoms with Crippen LogP contribution < -0.4 is 14.2 Å². The minimum Gasteiger partial charge on any atom is -0.493 e. The van der Waals surface area contributed by atoms with Gasteiger partial charge in [-0.15, -0.1) is 5.10 Å². The minimum absolute atomic E-state index is 0.0531. The Kier molecular flexibility index (Phi) is 7.88. The highest BCUT2D eigenvalue weighted by molar-refractivity contribution is 6.35. The highest BCUT2D eigenvalue weighted by Crippen LogP contribution is 2.33. The van der Waals surface area contributed by atoms with Gasteiger partial charge in [-0.2, -0.15) is 0 Å². The van der Waals surface area contributed by atoms with Crippen molar-refractivity contribution < 1.29 is 24.1 Å². The average Bonchev–Trinajstić information content (AvgIpc) is 3.08. The number of carbonyl (C=O) groups is 1. The zero-order chi connectivity index (χ0) is 23.3. The first-order valence-electron chi connectivity index (χ1n) is 9.94. The summed E-state index contributed by atoms with van der Waals surface area (Å²) in [5.41, 5.74) is 2.07. The van der Waals surface area contributed by atoms with E-state index >= 15 is 0 Å². The number of carboxylic acids is 1. The van der Waals surface area contributed by atoms with Gasteiger partial charge in [0.25, 0.3) is 0 Å². The lowest BCUT2D eigenvalue weighted by Crippen LogP contribution is -2.11. The number of rotatable bonds is 10. The molecule has 2 aromatic carbocycles. The number of hydrogen-bond acceptors (Lipinski definition) is 5. The molecule has 0 saturated carbocycles. The summed E-state index contributed by atoms with van der Waals surface area (Å²) in [7, 11) is 1.51. The van der Waals surface area contributed by atoms with Crippen LogP contribution in [0.25, 0.3) is 0 Å². The third kappa shape index (κ3) is 6.08. The normalized spacial score (nSPS) is 10.9. The molecule has 0 amide bonds. The molecule has 1 aromatic heterocycles. The van der Waals surface area contributed by atoms with E-state index in [9.17, 15) is 9.90 Å². The van der Waals surface area contributed by atoms with Crippen molar-refractivity contribution in [3.8, 4) is 17.4 Å². The van der Waals surface area contributed by atoms with Gasteiger partial charge in [-0.25, -0.2) is 0 Å². The van der Waals surface area contributed by atoms with Gasteiger partial charge in [-0.1, -0.05) is 41.4 Å². The second-order valence-electron chi connectivity index (χ2n) is 7.34. The lowest BCUT2D eigenvalue weighted by Gasteiger charge is -2.15. The maximum Gasteiger partial charge on any atom is 0.307 e. The molecule has 0 aliphatic heterocycles. The molecule has 0 aliphatic carbocycles. The van der Waals surface area contributed by atoms with Crippen molar-refractivity contribution in [2.45, 2.75) is 39.5 Å². The molecule has 1 heterocycles. The van der Waals surface area contributed by atoms with Crippen LogP contribution in [-0.4, -0.2) is 34.1 Å². The molecule has 3 rings (SSSR count). The van der Waals surface area contributed by atoms with Crippen molar-refractivity contribution in [2.75, 3.05) is 7.11 Å². The third-order valence-corrected chi connectivity index (χ3v) is 5.11. The van der Waals surface area contributed by atoms with Crippen LogP contribution in [-0.2, 0) is 24.4 Å². The van der Waals surface area contributed by atoms with Crippen molar-refractivity contribution in [3.05, 3.63) is 69.3 Å². The van der Waals surface area contributed by atoms with E-state index in [-0.39, 0.29) is 19.1 Å². The first kappa shape index (κ1) is 23.8. The van der Waals surface area contributed by atoms with Crippen LogP contribution in [0.2, 0.25) is 10.0 Å². The summed E-state index contributed by atoms with van der Waals surface area (Å²) in [6.07, 6.45) is -0.240. The highest BCUT2D eigenvalue weighted by Gasteiger charge is 2.17. The summed E-state index contributed by atoms with van der Waals surface area (Å²) in [5, 5.41) is 14.8. The number of carboxylic acid groups (broad SMARTS) is 1. The standard InChI is InChI=1S/C23H24Cl2N2O5/c1-14(2)32-21-11-18(27(26-21)12-16-7-8-17(24)10-19(16)25)13-31-23-15(9-22(28)29)5-4-6-20(23)30-3/h4-8,10-11,14H,9,12-13H2,1-3H3,(H,28,29). The minimum atomic E-state index is -0.960. The van der Waals surface area contributed by atoms with Crippen LogP contribution in [0.1, 0.15) is 30.7 Å². The van der Waals surface area contributed by atoms with Crippen LogP contribution in [0, 0.1) is 0 Å². The largest absolute Gasteiger partial charge is 0.493 e. The Balaban J connectivity index is 1.90. The molecule has 0 fully saturated rings. The zero-order valence-electron chi connectivity index (χ0n) is 18.0. The lowest BCUT2D eigenvalue weighted by molar-refractivity contribution is -0.136. The number of hydrogen-bond donors (Lipinski definition) is 1. The van der Waals surface area contributed by atoms with E-state index in [1.165, 1.54) is 7.11 Å². The first-order valence-corrected chi connectivity index (χ1v) is 10.7. The van der Waals surface area contributed by atoms with Crippen LogP contribution in [0.15, 0.2) is 42.5 Å². The Hall–Kier alpha value is -2.90. The van der Waals surface area contributed by atoms with Gasteiger partial charge in [-0.05, 0) is 37.6 Å². The fourth-order valence-electron chi connectivity index (χ4n) is 3.13. The van der Waals surface area contributed by atoms with E-state index in [0.717, 1.165) is 11.3 Å². The van der Waals surface area contributed by atoms with Gasteiger partial charge in [0.1, 0.15) is 6.61 Å². The third-order valence-electron chi connectivity index (χ3n) is 4.52. The van der Waals surface area contributed by atoms with Crippen LogP contribution in [0.3, 0.4) is 0 Å². The summed E-state index contributed by atoms with van der Waals surface area (Å²) in [4.78, 5) is 11.3. The van der Waals surface area contributed by atoms with Crippen molar-refractivity contribution in [1.29, 1.82) is 0 Å². The molecule has 7 nitrogen and oxygen atoms in total. The molecule has 0 unspecified atom stereocenters. The molecule has 0 radical (unpaired) electrons. The second-order valence-corrected chi connectivity index (χ2v) is 8.19. The molecule has 0 spiro atoms. The Morgan fingerprint density at radius 1 is 1.16 bits per heavy atom. The molecule has 9 heteroatoms. The zero-order valence-corrected chi connectivity index (χ0v) is 19.5. The molecule has 0 aliphatic rings. The van der Waals surface area contributed by atoms with Crippen molar-refractivity contribution in [1.82, 2.24) is 9.78 Å². The number of ether oxygens (including phenoxy) is 3. The number of aliphatic carboxylic acids is 1. The number of para-hydroxylation sites is 1. The fraction of sp³-hybridized carbons (Fsp3) is 0.304. The van der Waals surface area contributed by atoms with E-state index in [4.69, 9.17) is 37.4 Å². The van der Waals surface area contributed by atoms with Crippen LogP contribution >= 0.6 is 23.2 Å². The molecule has 0 bridgehead atoms. The lowest BCUT2D eigenvalue weighted by atomic mass is 10.1. The van der Waals surface area contributed by atoms with E-state index in [1.54, 1.807) is 41.1 Å². The Morgan fingerprint density at radius 3 is 2.59 bits per heavy atom. The van der Waals surface area contributed by atoms with E-state index in [2.05, 4.69) is 5.10 Å². The Labute approximate surface area is 196 Å². The monoisotopic (exact) mass is 478 g/mol. The predicted octanol–water partition coefficient (Wildman–Crippen LogP) is 5.24. The predicted molar refractivity (Wildman–Crippen MR) is 122 cm³/mol. The average molecular weight is 479 g/mol. The molecule has 3 aromatic rings. The molecule has 0 atom stereocenters. The van der Waals surface area contributed by atoms with E-state index in [0.29, 0.717) is 39.5 Å². The Morgan fingerprint density at radius 2 is 1.94 bits per heavy atom. The van der Waals surface area contributed by atoms with Crippen molar-refractivity contribution in [2.24, 2.45) is 0 Å². The van der Waals surface area contributed by atoms with Crippen LogP contribution in [0.4, 0.5) is 0 Å². The van der Waals surface area contributed by atoms with Gasteiger partial charge in [0.15, 0.2) is 11.5 Å². The smallest absolute Gasteiger partial charge is 0.307 e. The number of nitrogens with zero attached hydrogens (tertiary/aromatic N) is 2. The molecular weight excluding hydrogens is 455 g/mol. The molecule has 32 heavy (non-hydrogen) atoms. The van der Waals surface area contributed by atoms with Crippen LogP contribution in [0.5, 0.6) is 17.4 Å². The van der Waals surface area contributed by atoms with Gasteiger partial charge in [0.2, 0.25) is 5.88 Å². The van der Waals surface area contributed by atoms with E-state index in [1.807, 2.05) is 19.9 Å². The fourth-order valence-corrected chi connectivity index (χ4v) is 3.59. The van der Waals surface area contributed by atoms with Gasteiger partial charge >= 0.3 is 5.97 Å². The van der Waals surface area contributed by atoms with Gasteiger partial charge in [0.05, 0.1) is 31.9 Å². The van der Waals surface area contributed by atoms with Gasteiger partial charge in [0, 0.05) is 21.7 Å². The topological polar surface area (TPSA) is 82.8 Å². The van der Waals surface area contributed by atoms with Crippen molar-refractivity contribution >= 4 is 29.2 Å². The number of aromatic nitrogens is 2. The van der Waals surface area contributed by atoms with Gasteiger partial charge < -0.3 is 19.3 Å². The summed E-state index contributed by atoms with van der Waals surface area (Å²) >= 11 is 12.4. The van der Waals surface area contributed by atoms with Gasteiger partial charge in [-0.3, -0.25) is 9.48 Å². The molecule has 1 N–H and O–H groups in total. The quantitative estimate of drug-likeness (QED) is 0.428. The summed E-state index contributed by atoms with van der Waals surface area (Å²) in [6.45, 7) is 4.33. The summed E-state index contributed by atoms with van der Waals surface area (Å²) in [6, 6.07) is 12.2.